The summed E-state index contributed by atoms with van der Waals surface area (Å²) in [6.45, 7) is 0. The molecule has 1 radical (unpaired) electrons. The quantitative estimate of drug-likeness (QED) is 0.0846. The van der Waals surface area contributed by atoms with Crippen molar-refractivity contribution < 1.29 is 36.2 Å². The number of nitrogens with one attached hydrogen (secondary N) is 2. The fraction of sp³-hybridized carbons (Fsp3) is 0. The van der Waals surface area contributed by atoms with Gasteiger partial charge < -0.3 is 19.8 Å². The van der Waals surface area contributed by atoms with Crippen LogP contribution in [0.5, 0.6) is 0 Å². The number of carbonyl (C=O) groups excluding carboxylic acids is 4. The number of nitrogens with zero attached hydrogens (tertiary/aromatic N) is 8. The van der Waals surface area contributed by atoms with Crippen LogP contribution in [0.15, 0.2) is 146 Å². The van der Waals surface area contributed by atoms with E-state index in [0.717, 1.165) is 53.6 Å². The molecule has 0 spiro atoms. The van der Waals surface area contributed by atoms with Crippen LogP contribution < -0.4 is 0 Å². The Morgan fingerprint density at radius 2 is 0.508 bits per heavy atom. The molecule has 9 aromatic rings. The van der Waals surface area contributed by atoms with Crippen LogP contribution in [0.4, 0.5) is 0 Å². The van der Waals surface area contributed by atoms with Crippen LogP contribution >= 0.6 is 0 Å². The first-order valence-corrected chi connectivity index (χ1v) is 20.0. The predicted molar refractivity (Wildman–Crippen MR) is 241 cm³/mol. The molecule has 2 N–H and O–H groups in total. The van der Waals surface area contributed by atoms with Crippen molar-refractivity contribution in [1.29, 1.82) is 0 Å². The summed E-state index contributed by atoms with van der Waals surface area (Å²) >= 11 is 0. The van der Waals surface area contributed by atoms with E-state index in [9.17, 15) is 19.2 Å². The maximum absolute atomic E-state index is 11.2. The number of benzene rings is 6. The van der Waals surface area contributed by atoms with Crippen molar-refractivity contribution in [2.45, 2.75) is 0 Å². The van der Waals surface area contributed by atoms with Crippen LogP contribution in [0.1, 0.15) is 41.4 Å². The molecular formula is C50H30CuN10O4. The van der Waals surface area contributed by atoms with Gasteiger partial charge in [-0.3, -0.25) is 19.2 Å². The van der Waals surface area contributed by atoms with Crippen LogP contribution in [0.25, 0.3) is 89.7 Å². The molecule has 0 unspecified atom stereocenters. The number of aromatic nitrogens is 8. The zero-order chi connectivity index (χ0) is 43.6. The van der Waals surface area contributed by atoms with E-state index in [4.69, 9.17) is 29.9 Å². The fourth-order valence-electron chi connectivity index (χ4n) is 8.07. The van der Waals surface area contributed by atoms with E-state index in [1.165, 1.54) is 0 Å². The average molecular weight is 898 g/mol. The molecule has 0 aliphatic carbocycles. The van der Waals surface area contributed by atoms with Crippen molar-refractivity contribution in [3.8, 4) is 45.6 Å². The maximum atomic E-state index is 11.2. The first-order chi connectivity index (χ1) is 31.2. The maximum Gasteiger partial charge on any atom is 2.00 e. The van der Waals surface area contributed by atoms with Crippen molar-refractivity contribution >= 4 is 67.8 Å². The van der Waals surface area contributed by atoms with Gasteiger partial charge in [-0.05, 0) is 24.3 Å². The second-order valence-electron chi connectivity index (χ2n) is 15.0. The summed E-state index contributed by atoms with van der Waals surface area (Å²) in [5.41, 5.74) is 8.22. The van der Waals surface area contributed by atoms with Crippen LogP contribution in [0.3, 0.4) is 0 Å². The summed E-state index contributed by atoms with van der Waals surface area (Å²) in [6.07, 6.45) is 0. The van der Waals surface area contributed by atoms with Crippen molar-refractivity contribution in [2.24, 2.45) is 0 Å². The molecule has 65 heavy (non-hydrogen) atoms. The van der Waals surface area contributed by atoms with Gasteiger partial charge in [-0.25, -0.2) is 44.0 Å². The molecule has 13 rings (SSSR count). The Morgan fingerprint density at radius 3 is 0.738 bits per heavy atom. The van der Waals surface area contributed by atoms with Gasteiger partial charge in [-0.15, -0.1) is 0 Å². The van der Waals surface area contributed by atoms with Crippen molar-refractivity contribution in [2.75, 3.05) is 0 Å². The van der Waals surface area contributed by atoms with Crippen LogP contribution in [-0.2, 0) is 17.1 Å². The molecule has 6 aromatic carbocycles. The summed E-state index contributed by atoms with van der Waals surface area (Å²) in [7, 11) is 6.70. The molecule has 4 aliphatic heterocycles. The molecule has 4 aliphatic rings. The van der Waals surface area contributed by atoms with Gasteiger partial charge in [0, 0.05) is 66.1 Å². The monoisotopic (exact) mass is 897 g/mol. The van der Waals surface area contributed by atoms with Gasteiger partial charge in [-0.1, -0.05) is 121 Å². The SMILES string of the molecule is [CH2-]N1C(=O)c2ccccc2C1=O.[CH2-]N1C(=O)c2ccccc2C1=O.[Cu+2].c1ccc2c(c1)-c1nc-2nc2[nH]c(nc3nc(nc4[nH]c(n1)c1ccccc41)-c1ccccc1-3)c1ccccc21. The topological polar surface area (TPSA) is 184 Å². The number of fused-ring (bicyclic) bond motifs is 22. The molecule has 14 nitrogen and oxygen atoms in total. The van der Waals surface area contributed by atoms with E-state index in [1.54, 1.807) is 48.5 Å². The van der Waals surface area contributed by atoms with E-state index in [1.807, 2.05) is 97.1 Å². The Labute approximate surface area is 379 Å². The molecule has 15 heteroatoms. The van der Waals surface area contributed by atoms with Gasteiger partial charge in [-0.2, -0.15) is 0 Å². The van der Waals surface area contributed by atoms with Crippen molar-refractivity contribution in [1.82, 2.24) is 49.7 Å². The van der Waals surface area contributed by atoms with E-state index >= 15 is 0 Å². The third-order valence-electron chi connectivity index (χ3n) is 11.2. The molecule has 0 saturated heterocycles. The number of amides is 4. The molecule has 4 amide bonds. The predicted octanol–water partition coefficient (Wildman–Crippen LogP) is 9.02. The Morgan fingerprint density at radius 1 is 0.308 bits per heavy atom. The number of hydrogen-bond acceptors (Lipinski definition) is 10. The van der Waals surface area contributed by atoms with Gasteiger partial charge in [0.2, 0.25) is 23.6 Å². The molecule has 7 heterocycles. The van der Waals surface area contributed by atoms with Gasteiger partial charge in [0.1, 0.15) is 22.6 Å². The first kappa shape index (κ1) is 40.5. The number of H-pyrrole nitrogens is 2. The molecular weight excluding hydrogens is 868 g/mol. The zero-order valence-electron chi connectivity index (χ0n) is 33.8. The molecule has 315 valence electrons. The standard InChI is InChI=1S/C32H18N8.2C9H6NO2.Cu/c1-2-10-18-17(9-1)25-33-26(18)38-28-21-13-5-6-14-22(21)30(35-28)40-32-24-16-8-7-15-23(24)31(36-32)39-29-20-12-4-3-11-19(20)27(34-29)37-25;2*1-10-8(11)6-4-2-3-5-7(6)9(10)12;/h1-16H,(H2,33,34,35,36,37,38,39,40);2*2-5H,1H2;/q;2*-1;+2. The normalized spacial score (nSPS) is 13.0. The third-order valence-corrected chi connectivity index (χ3v) is 11.2. The Bertz CT molecular complexity index is 3210. The minimum atomic E-state index is -0.324. The molecule has 0 saturated carbocycles. The Balaban J connectivity index is 0.000000162. The average Bonchev–Trinajstić information content (AvgIpc) is 4.15. The number of imide groups is 2. The third kappa shape index (κ3) is 6.74. The summed E-state index contributed by atoms with van der Waals surface area (Å²) in [6, 6.07) is 45.6. The van der Waals surface area contributed by atoms with E-state index in [0.29, 0.717) is 68.1 Å². The van der Waals surface area contributed by atoms with Crippen molar-refractivity contribution in [3.63, 3.8) is 0 Å². The Kier molecular flexibility index (Phi) is 9.97. The minimum absolute atomic E-state index is 0. The molecule has 0 atom stereocenters. The smallest absolute Gasteiger partial charge is 0.430 e. The number of aromatic amines is 2. The second-order valence-corrected chi connectivity index (χ2v) is 15.0. The van der Waals surface area contributed by atoms with Crippen molar-refractivity contribution in [3.05, 3.63) is 182 Å². The summed E-state index contributed by atoms with van der Waals surface area (Å²) in [5, 5.41) is 3.82. The summed E-state index contributed by atoms with van der Waals surface area (Å²) in [4.78, 5) is 83.5. The van der Waals surface area contributed by atoms with Gasteiger partial charge in [0.15, 0.2) is 23.3 Å². The molecule has 0 fully saturated rings. The van der Waals surface area contributed by atoms with Gasteiger partial charge >= 0.3 is 17.1 Å². The minimum Gasteiger partial charge on any atom is -0.430 e. The van der Waals surface area contributed by atoms with E-state index in [2.05, 4.69) is 24.1 Å². The van der Waals surface area contributed by atoms with E-state index in [-0.39, 0.29) is 40.7 Å². The van der Waals surface area contributed by atoms with Crippen LogP contribution in [-0.4, -0.2) is 73.3 Å². The number of hydrogen-bond donors (Lipinski definition) is 2. The van der Waals surface area contributed by atoms with Crippen LogP contribution in [0.2, 0.25) is 0 Å². The molecule has 8 bridgehead atoms. The number of rotatable bonds is 0. The van der Waals surface area contributed by atoms with Gasteiger partial charge in [0.05, 0.1) is 0 Å². The molecule has 3 aromatic heterocycles. The second kappa shape index (κ2) is 16.0. The Hall–Kier alpha value is -8.52. The van der Waals surface area contributed by atoms with Crippen LogP contribution in [0, 0.1) is 14.1 Å². The van der Waals surface area contributed by atoms with E-state index < -0.39 is 0 Å². The largest absolute Gasteiger partial charge is 2.00 e. The summed E-state index contributed by atoms with van der Waals surface area (Å²) < 4.78 is 0. The fourth-order valence-corrected chi connectivity index (χ4v) is 8.07. The van der Waals surface area contributed by atoms with Gasteiger partial charge in [0.25, 0.3) is 0 Å². The first-order valence-electron chi connectivity index (χ1n) is 20.0. The summed E-state index contributed by atoms with van der Waals surface area (Å²) in [5.74, 6) is 1.09. The number of carbonyl (C=O) groups is 4. The zero-order valence-corrected chi connectivity index (χ0v) is 34.7.